The van der Waals surface area contributed by atoms with E-state index in [1.165, 1.54) is 18.3 Å². The highest BCUT2D eigenvalue weighted by atomic mass is 19.4. The molecule has 0 saturated carbocycles. The monoisotopic (exact) mass is 273 g/mol. The molecule has 19 heavy (non-hydrogen) atoms. The molecule has 0 N–H and O–H groups in total. The number of hydrogen-bond acceptors (Lipinski definition) is 5. The van der Waals surface area contributed by atoms with Crippen molar-refractivity contribution in [2.24, 2.45) is 0 Å². The highest BCUT2D eigenvalue weighted by Gasteiger charge is 2.29. The molecule has 2 aromatic heterocycles. The van der Waals surface area contributed by atoms with E-state index in [2.05, 4.69) is 14.7 Å². The third-order valence-corrected chi connectivity index (χ3v) is 2.15. The molecule has 0 fully saturated rings. The predicted molar refractivity (Wildman–Crippen MR) is 57.7 cm³/mol. The second-order valence-corrected chi connectivity index (χ2v) is 3.51. The summed E-state index contributed by atoms with van der Waals surface area (Å²) in [4.78, 5) is 17.3. The summed E-state index contributed by atoms with van der Waals surface area (Å²) < 4.78 is 40.7. The minimum Gasteiger partial charge on any atom is -0.468 e. The summed E-state index contributed by atoms with van der Waals surface area (Å²) in [5.74, 6) is -0.342. The Morgan fingerprint density at radius 1 is 1.37 bits per heavy atom. The van der Waals surface area contributed by atoms with Crippen LogP contribution in [0.15, 0.2) is 24.5 Å². The van der Waals surface area contributed by atoms with E-state index >= 15 is 0 Å². The molecule has 0 aliphatic heterocycles. The first-order valence-electron chi connectivity index (χ1n) is 4.96. The quantitative estimate of drug-likeness (QED) is 0.634. The van der Waals surface area contributed by atoms with E-state index in [0.717, 1.165) is 6.20 Å². The fourth-order valence-electron chi connectivity index (χ4n) is 1.43. The zero-order valence-electron chi connectivity index (χ0n) is 9.22. The zero-order valence-corrected chi connectivity index (χ0v) is 9.22. The number of alkyl halides is 3. The van der Waals surface area contributed by atoms with Crippen molar-refractivity contribution in [3.8, 4) is 5.88 Å². The van der Waals surface area contributed by atoms with Crippen LogP contribution >= 0.6 is 0 Å². The summed E-state index contributed by atoms with van der Waals surface area (Å²) in [5, 5.41) is 10.8. The summed E-state index contributed by atoms with van der Waals surface area (Å²) in [6.07, 6.45) is -2.40. The van der Waals surface area contributed by atoms with Crippen molar-refractivity contribution in [3.05, 3.63) is 34.6 Å². The molecule has 6 nitrogen and oxygen atoms in total. The molecule has 0 bridgehead atoms. The number of nitrogens with zero attached hydrogens (tertiary/aromatic N) is 3. The first-order valence-corrected chi connectivity index (χ1v) is 4.96. The zero-order chi connectivity index (χ0) is 14.0. The van der Waals surface area contributed by atoms with Crippen molar-refractivity contribution in [2.45, 2.75) is 6.18 Å². The molecule has 0 radical (unpaired) electrons. The third kappa shape index (κ3) is 2.87. The first kappa shape index (κ1) is 13.0. The van der Waals surface area contributed by atoms with Gasteiger partial charge < -0.3 is 4.74 Å². The molecule has 0 unspecified atom stereocenters. The number of ether oxygens (including phenoxy) is 1. The lowest BCUT2D eigenvalue weighted by Crippen LogP contribution is -2.19. The van der Waals surface area contributed by atoms with Gasteiger partial charge in [-0.15, -0.1) is 0 Å². The van der Waals surface area contributed by atoms with E-state index in [1.807, 2.05) is 0 Å². The van der Waals surface area contributed by atoms with Crippen LogP contribution in [0.3, 0.4) is 0 Å². The number of hydrogen-bond donors (Lipinski definition) is 0. The molecular weight excluding hydrogens is 267 g/mol. The summed E-state index contributed by atoms with van der Waals surface area (Å²) >= 11 is 0. The van der Waals surface area contributed by atoms with Crippen molar-refractivity contribution in [2.75, 3.05) is 6.61 Å². The number of pyridine rings is 2. The molecule has 0 aromatic carbocycles. The minimum absolute atomic E-state index is 0.0564. The molecule has 2 heterocycles. The Hall–Kier alpha value is -2.45. The van der Waals surface area contributed by atoms with Crippen LogP contribution in [0.2, 0.25) is 0 Å². The third-order valence-electron chi connectivity index (χ3n) is 2.15. The number of aromatic nitrogens is 2. The van der Waals surface area contributed by atoms with Gasteiger partial charge in [0, 0.05) is 6.20 Å². The van der Waals surface area contributed by atoms with Crippen molar-refractivity contribution in [1.29, 1.82) is 0 Å². The summed E-state index contributed by atoms with van der Waals surface area (Å²) in [6, 6.07) is 2.78. The van der Waals surface area contributed by atoms with E-state index in [1.54, 1.807) is 0 Å². The van der Waals surface area contributed by atoms with Crippen LogP contribution in [0.1, 0.15) is 0 Å². The van der Waals surface area contributed by atoms with Gasteiger partial charge in [0.05, 0.1) is 10.3 Å². The largest absolute Gasteiger partial charge is 0.468 e. The Bertz CT molecular complexity index is 630. The van der Waals surface area contributed by atoms with Gasteiger partial charge in [-0.1, -0.05) is 0 Å². The Kier molecular flexibility index (Phi) is 3.19. The van der Waals surface area contributed by atoms with Gasteiger partial charge in [-0.05, 0) is 12.1 Å². The van der Waals surface area contributed by atoms with Crippen LogP contribution < -0.4 is 4.74 Å². The average molecular weight is 273 g/mol. The van der Waals surface area contributed by atoms with Gasteiger partial charge in [0.2, 0.25) is 5.88 Å². The maximum absolute atomic E-state index is 12.1. The van der Waals surface area contributed by atoms with Gasteiger partial charge in [0.15, 0.2) is 12.1 Å². The van der Waals surface area contributed by atoms with Crippen molar-refractivity contribution < 1.29 is 22.8 Å². The van der Waals surface area contributed by atoms with Gasteiger partial charge in [0.1, 0.15) is 6.20 Å². The average Bonchev–Trinajstić information content (AvgIpc) is 2.34. The Balaban J connectivity index is 2.47. The van der Waals surface area contributed by atoms with Gasteiger partial charge in [-0.25, -0.2) is 9.97 Å². The fraction of sp³-hybridized carbons (Fsp3) is 0.200. The Morgan fingerprint density at radius 3 is 2.74 bits per heavy atom. The van der Waals surface area contributed by atoms with E-state index < -0.39 is 23.4 Å². The Labute approximate surface area is 104 Å². The van der Waals surface area contributed by atoms with E-state index in [0.29, 0.717) is 0 Å². The highest BCUT2D eigenvalue weighted by Crippen LogP contribution is 2.29. The topological polar surface area (TPSA) is 78.2 Å². The van der Waals surface area contributed by atoms with Crippen LogP contribution in [0.5, 0.6) is 5.88 Å². The summed E-state index contributed by atoms with van der Waals surface area (Å²) in [7, 11) is 0. The van der Waals surface area contributed by atoms with Crippen LogP contribution in [0.4, 0.5) is 18.9 Å². The Morgan fingerprint density at radius 2 is 2.11 bits per heavy atom. The lowest BCUT2D eigenvalue weighted by Gasteiger charge is -2.09. The molecule has 0 saturated heterocycles. The summed E-state index contributed by atoms with van der Waals surface area (Å²) in [5.41, 5.74) is -0.463. The lowest BCUT2D eigenvalue weighted by molar-refractivity contribution is -0.383. The number of halogens is 3. The normalized spacial score (nSPS) is 11.5. The highest BCUT2D eigenvalue weighted by molar-refractivity contribution is 5.90. The molecule has 100 valence electrons. The molecule has 2 aromatic rings. The molecule has 0 aliphatic carbocycles. The molecule has 0 spiro atoms. The molecule has 0 aliphatic rings. The van der Waals surface area contributed by atoms with Crippen molar-refractivity contribution in [1.82, 2.24) is 9.97 Å². The van der Waals surface area contributed by atoms with Crippen LogP contribution in [-0.2, 0) is 0 Å². The van der Waals surface area contributed by atoms with Crippen LogP contribution in [-0.4, -0.2) is 27.7 Å². The molecule has 0 atom stereocenters. The number of rotatable bonds is 3. The van der Waals surface area contributed by atoms with E-state index in [4.69, 9.17) is 0 Å². The second kappa shape index (κ2) is 4.67. The van der Waals surface area contributed by atoms with Crippen LogP contribution in [0.25, 0.3) is 10.9 Å². The molecule has 0 amide bonds. The SMILES string of the molecule is O=[N+]([O-])c1cnc(OCC(F)(F)F)c2cccnc12. The van der Waals surface area contributed by atoms with Gasteiger partial charge in [-0.2, -0.15) is 13.2 Å². The molecule has 9 heteroatoms. The van der Waals surface area contributed by atoms with E-state index in [9.17, 15) is 23.3 Å². The predicted octanol–water partition coefficient (Wildman–Crippen LogP) is 2.48. The van der Waals surface area contributed by atoms with E-state index in [-0.39, 0.29) is 16.8 Å². The molecule has 2 rings (SSSR count). The number of nitro groups is 1. The summed E-state index contributed by atoms with van der Waals surface area (Å²) in [6.45, 7) is -1.53. The number of fused-ring (bicyclic) bond motifs is 1. The maximum atomic E-state index is 12.1. The van der Waals surface area contributed by atoms with Gasteiger partial charge >= 0.3 is 11.9 Å². The first-order chi connectivity index (χ1) is 8.88. The van der Waals surface area contributed by atoms with Crippen LogP contribution in [0, 0.1) is 10.1 Å². The lowest BCUT2D eigenvalue weighted by atomic mass is 10.2. The van der Waals surface area contributed by atoms with Gasteiger partial charge in [-0.3, -0.25) is 10.1 Å². The van der Waals surface area contributed by atoms with Gasteiger partial charge in [0.25, 0.3) is 0 Å². The van der Waals surface area contributed by atoms with Crippen molar-refractivity contribution in [3.63, 3.8) is 0 Å². The standard InChI is InChI=1S/C10H6F3N3O3/c11-10(12,13)5-19-9-6-2-1-3-14-8(6)7(4-15-9)16(17)18/h1-4H,5H2. The second-order valence-electron chi connectivity index (χ2n) is 3.51. The van der Waals surface area contributed by atoms with Crippen molar-refractivity contribution >= 4 is 16.6 Å². The maximum Gasteiger partial charge on any atom is 0.422 e. The fourth-order valence-corrected chi connectivity index (χ4v) is 1.43. The molecular formula is C10H6F3N3O3. The minimum atomic E-state index is -4.52. The smallest absolute Gasteiger partial charge is 0.422 e.